The first-order valence-electron chi connectivity index (χ1n) is 6.74. The molecule has 0 aromatic carbocycles. The lowest BCUT2D eigenvalue weighted by Crippen LogP contribution is -2.33. The summed E-state index contributed by atoms with van der Waals surface area (Å²) in [5.41, 5.74) is 2.08. The molecule has 102 valence electrons. The van der Waals surface area contributed by atoms with Gasteiger partial charge in [0.05, 0.1) is 0 Å². The minimum absolute atomic E-state index is 0.000817. The monoisotopic (exact) mass is 250 g/mol. The Labute approximate surface area is 110 Å². The molecule has 0 spiro atoms. The summed E-state index contributed by atoms with van der Waals surface area (Å²) < 4.78 is 1.89. The molecule has 0 aliphatic heterocycles. The van der Waals surface area contributed by atoms with Gasteiger partial charge in [-0.2, -0.15) is 0 Å². The van der Waals surface area contributed by atoms with Crippen LogP contribution in [0, 0.1) is 0 Å². The minimum Gasteiger partial charge on any atom is -0.312 e. The average molecular weight is 250 g/mol. The Balaban J connectivity index is 3.17. The molecule has 1 aromatic rings. The van der Waals surface area contributed by atoms with Crippen molar-refractivity contribution in [1.29, 1.82) is 0 Å². The maximum Gasteiger partial charge on any atom is 0.255 e. The lowest BCUT2D eigenvalue weighted by atomic mass is 9.90. The maximum atomic E-state index is 12.4. The smallest absolute Gasteiger partial charge is 0.255 e. The first kappa shape index (κ1) is 15.0. The number of hydrogen-bond donors (Lipinski definition) is 1. The van der Waals surface area contributed by atoms with E-state index in [9.17, 15) is 4.79 Å². The second-order valence-electron chi connectivity index (χ2n) is 6.08. The van der Waals surface area contributed by atoms with Crippen molar-refractivity contribution in [3.63, 3.8) is 0 Å². The Kier molecular flexibility index (Phi) is 4.74. The van der Waals surface area contributed by atoms with Crippen molar-refractivity contribution in [2.45, 2.75) is 66.1 Å². The first-order chi connectivity index (χ1) is 8.27. The van der Waals surface area contributed by atoms with Gasteiger partial charge in [-0.1, -0.05) is 40.7 Å². The summed E-state index contributed by atoms with van der Waals surface area (Å²) in [5.74, 6) is 0. The van der Waals surface area contributed by atoms with E-state index in [2.05, 4.69) is 46.0 Å². The fourth-order valence-electron chi connectivity index (χ4n) is 2.04. The molecule has 1 aromatic heterocycles. The van der Waals surface area contributed by atoms with Gasteiger partial charge in [-0.05, 0) is 13.0 Å². The van der Waals surface area contributed by atoms with E-state index in [1.165, 1.54) is 0 Å². The van der Waals surface area contributed by atoms with Crippen molar-refractivity contribution in [1.82, 2.24) is 9.88 Å². The largest absolute Gasteiger partial charge is 0.312 e. The zero-order valence-electron chi connectivity index (χ0n) is 12.5. The topological polar surface area (TPSA) is 34.0 Å². The van der Waals surface area contributed by atoms with E-state index in [-0.39, 0.29) is 11.0 Å². The summed E-state index contributed by atoms with van der Waals surface area (Å²) in [6, 6.07) is 4.44. The number of rotatable bonds is 4. The molecular weight excluding hydrogens is 224 g/mol. The molecule has 0 amide bonds. The van der Waals surface area contributed by atoms with Gasteiger partial charge in [0.2, 0.25) is 0 Å². The van der Waals surface area contributed by atoms with Crippen LogP contribution < -0.4 is 10.9 Å². The molecule has 3 heteroatoms. The minimum atomic E-state index is -0.000817. The van der Waals surface area contributed by atoms with Crippen molar-refractivity contribution in [2.75, 3.05) is 0 Å². The zero-order chi connectivity index (χ0) is 13.9. The number of hydrogen-bond acceptors (Lipinski definition) is 2. The lowest BCUT2D eigenvalue weighted by Gasteiger charge is -2.24. The highest BCUT2D eigenvalue weighted by atomic mass is 16.1. The number of aromatic nitrogens is 1. The van der Waals surface area contributed by atoms with Crippen molar-refractivity contribution < 1.29 is 0 Å². The normalized spacial score (nSPS) is 12.2. The van der Waals surface area contributed by atoms with Gasteiger partial charge in [0.25, 0.3) is 5.56 Å². The van der Waals surface area contributed by atoms with Crippen LogP contribution in [-0.2, 0) is 18.5 Å². The van der Waals surface area contributed by atoms with E-state index in [0.29, 0.717) is 12.6 Å². The molecule has 1 heterocycles. The molecule has 3 nitrogen and oxygen atoms in total. The molecule has 0 atom stereocenters. The Morgan fingerprint density at radius 3 is 2.33 bits per heavy atom. The number of nitrogens with zero attached hydrogens (tertiary/aromatic N) is 1. The van der Waals surface area contributed by atoms with Crippen molar-refractivity contribution >= 4 is 0 Å². The fourth-order valence-corrected chi connectivity index (χ4v) is 2.04. The van der Waals surface area contributed by atoms with Crippen LogP contribution in [0.4, 0.5) is 0 Å². The molecule has 0 fully saturated rings. The van der Waals surface area contributed by atoms with Gasteiger partial charge in [-0.15, -0.1) is 0 Å². The highest BCUT2D eigenvalue weighted by molar-refractivity contribution is 5.21. The van der Waals surface area contributed by atoms with E-state index in [1.54, 1.807) is 0 Å². The molecule has 0 unspecified atom stereocenters. The molecule has 1 N–H and O–H groups in total. The third-order valence-corrected chi connectivity index (χ3v) is 3.04. The molecule has 18 heavy (non-hydrogen) atoms. The maximum absolute atomic E-state index is 12.4. The fraction of sp³-hybridized carbons (Fsp3) is 0.667. The first-order valence-corrected chi connectivity index (χ1v) is 6.74. The molecule has 0 saturated heterocycles. The summed E-state index contributed by atoms with van der Waals surface area (Å²) >= 11 is 0. The molecule has 0 bridgehead atoms. The van der Waals surface area contributed by atoms with Gasteiger partial charge in [-0.25, -0.2) is 0 Å². The standard InChI is InChI=1S/C15H26N2O/c1-7-17-13(15(4,5)6)9-8-12(14(17)18)10-16-11(2)3/h8-9,11,16H,7,10H2,1-6H3. The summed E-state index contributed by atoms with van der Waals surface area (Å²) in [6.07, 6.45) is 0. The van der Waals surface area contributed by atoms with Crippen LogP contribution in [0.1, 0.15) is 52.8 Å². The number of nitrogens with one attached hydrogen (secondary N) is 1. The third kappa shape index (κ3) is 3.45. The van der Waals surface area contributed by atoms with Gasteiger partial charge in [-0.3, -0.25) is 4.79 Å². The SMILES string of the molecule is CCn1c(C(C)(C)C)ccc(CNC(C)C)c1=O. The van der Waals surface area contributed by atoms with Crippen LogP contribution in [0.5, 0.6) is 0 Å². The van der Waals surface area contributed by atoms with Crippen LogP contribution in [-0.4, -0.2) is 10.6 Å². The summed E-state index contributed by atoms with van der Waals surface area (Å²) in [5, 5.41) is 3.30. The lowest BCUT2D eigenvalue weighted by molar-refractivity contribution is 0.504. The third-order valence-electron chi connectivity index (χ3n) is 3.04. The highest BCUT2D eigenvalue weighted by Crippen LogP contribution is 2.21. The second kappa shape index (κ2) is 5.70. The highest BCUT2D eigenvalue weighted by Gasteiger charge is 2.19. The van der Waals surface area contributed by atoms with Crippen LogP contribution in [0.15, 0.2) is 16.9 Å². The van der Waals surface area contributed by atoms with Crippen molar-refractivity contribution in [3.05, 3.63) is 33.7 Å². The molecule has 0 aliphatic carbocycles. The van der Waals surface area contributed by atoms with E-state index in [4.69, 9.17) is 0 Å². The Morgan fingerprint density at radius 2 is 1.89 bits per heavy atom. The molecule has 0 aliphatic rings. The van der Waals surface area contributed by atoms with Gasteiger partial charge < -0.3 is 9.88 Å². The van der Waals surface area contributed by atoms with E-state index >= 15 is 0 Å². The predicted octanol–water partition coefficient (Wildman–Crippen LogP) is 2.66. The van der Waals surface area contributed by atoms with Gasteiger partial charge in [0.15, 0.2) is 0 Å². The molecule has 0 radical (unpaired) electrons. The van der Waals surface area contributed by atoms with Crippen molar-refractivity contribution in [3.8, 4) is 0 Å². The zero-order valence-corrected chi connectivity index (χ0v) is 12.5. The van der Waals surface area contributed by atoms with E-state index < -0.39 is 0 Å². The van der Waals surface area contributed by atoms with Crippen LogP contribution in [0.3, 0.4) is 0 Å². The van der Waals surface area contributed by atoms with E-state index in [1.807, 2.05) is 17.6 Å². The van der Waals surface area contributed by atoms with Crippen molar-refractivity contribution in [2.24, 2.45) is 0 Å². The molecular formula is C15H26N2O. The Hall–Kier alpha value is -1.09. The van der Waals surface area contributed by atoms with Crippen LogP contribution in [0.25, 0.3) is 0 Å². The van der Waals surface area contributed by atoms with Crippen LogP contribution in [0.2, 0.25) is 0 Å². The quantitative estimate of drug-likeness (QED) is 0.891. The van der Waals surface area contributed by atoms with Gasteiger partial charge >= 0.3 is 0 Å². The average Bonchev–Trinajstić information content (AvgIpc) is 2.25. The Morgan fingerprint density at radius 1 is 1.28 bits per heavy atom. The molecule has 1 rings (SSSR count). The summed E-state index contributed by atoms with van der Waals surface area (Å²) in [4.78, 5) is 12.4. The second-order valence-corrected chi connectivity index (χ2v) is 6.08. The van der Waals surface area contributed by atoms with Gasteiger partial charge in [0, 0.05) is 35.8 Å². The summed E-state index contributed by atoms with van der Waals surface area (Å²) in [6.45, 7) is 14.0. The molecule has 0 saturated carbocycles. The summed E-state index contributed by atoms with van der Waals surface area (Å²) in [7, 11) is 0. The van der Waals surface area contributed by atoms with Gasteiger partial charge in [0.1, 0.15) is 0 Å². The van der Waals surface area contributed by atoms with Crippen LogP contribution >= 0.6 is 0 Å². The number of pyridine rings is 1. The Bertz CT molecular complexity index is 453. The predicted molar refractivity (Wildman–Crippen MR) is 77.1 cm³/mol. The van der Waals surface area contributed by atoms with E-state index in [0.717, 1.165) is 17.8 Å².